The molecular formula is C11H14N2O6S2. The van der Waals surface area contributed by atoms with Crippen LogP contribution in [0.4, 0.5) is 0 Å². The van der Waals surface area contributed by atoms with Gasteiger partial charge in [-0.05, 0) is 37.1 Å². The Morgan fingerprint density at radius 2 is 1.52 bits per heavy atom. The number of aliphatic carboxylic acids is 1. The van der Waals surface area contributed by atoms with Gasteiger partial charge in [0.15, 0.2) is 0 Å². The third-order valence-electron chi connectivity index (χ3n) is 2.76. The molecule has 0 aromatic heterocycles. The SMILES string of the molecule is O=C(O)CNS(=O)(=O)c1ccc(S(=O)(=O)NC2CC2)cc1. The van der Waals surface area contributed by atoms with E-state index in [1.54, 1.807) is 0 Å². The van der Waals surface area contributed by atoms with Crippen molar-refractivity contribution in [1.82, 2.24) is 9.44 Å². The number of hydrogen-bond donors (Lipinski definition) is 3. The molecule has 0 spiro atoms. The van der Waals surface area contributed by atoms with Crippen LogP contribution in [-0.4, -0.2) is 40.5 Å². The van der Waals surface area contributed by atoms with Gasteiger partial charge in [-0.2, -0.15) is 4.72 Å². The number of sulfonamides is 2. The third kappa shape index (κ3) is 4.24. The lowest BCUT2D eigenvalue weighted by Crippen LogP contribution is -2.29. The standard InChI is InChI=1S/C11H14N2O6S2/c14-11(15)7-12-20(16,17)9-3-5-10(6-4-9)21(18,19)13-8-1-2-8/h3-6,8,12-13H,1-2,7H2,(H,14,15). The lowest BCUT2D eigenvalue weighted by Gasteiger charge is -2.07. The van der Waals surface area contributed by atoms with E-state index in [1.165, 1.54) is 12.1 Å². The minimum absolute atomic E-state index is 0.0356. The quantitative estimate of drug-likeness (QED) is 0.616. The van der Waals surface area contributed by atoms with Crippen LogP contribution in [0.5, 0.6) is 0 Å². The van der Waals surface area contributed by atoms with Gasteiger partial charge in [-0.3, -0.25) is 4.79 Å². The average molecular weight is 334 g/mol. The van der Waals surface area contributed by atoms with Gasteiger partial charge in [-0.25, -0.2) is 21.6 Å². The lowest BCUT2D eigenvalue weighted by atomic mass is 10.4. The van der Waals surface area contributed by atoms with Crippen molar-refractivity contribution in [1.29, 1.82) is 0 Å². The second-order valence-corrected chi connectivity index (χ2v) is 8.07. The molecule has 0 saturated heterocycles. The Bertz CT molecular complexity index is 735. The fourth-order valence-corrected chi connectivity index (χ4v) is 3.81. The van der Waals surface area contributed by atoms with E-state index in [2.05, 4.69) is 4.72 Å². The summed E-state index contributed by atoms with van der Waals surface area (Å²) in [6.45, 7) is -0.744. The van der Waals surface area contributed by atoms with Crippen molar-refractivity contribution in [2.45, 2.75) is 28.7 Å². The minimum atomic E-state index is -3.97. The van der Waals surface area contributed by atoms with Crippen molar-refractivity contribution in [3.05, 3.63) is 24.3 Å². The van der Waals surface area contributed by atoms with E-state index >= 15 is 0 Å². The Balaban J connectivity index is 2.16. The molecule has 1 aliphatic rings. The highest BCUT2D eigenvalue weighted by Crippen LogP contribution is 2.22. The monoisotopic (exact) mass is 334 g/mol. The molecular weight excluding hydrogens is 320 g/mol. The number of benzene rings is 1. The van der Waals surface area contributed by atoms with E-state index in [9.17, 15) is 21.6 Å². The maximum absolute atomic E-state index is 11.9. The van der Waals surface area contributed by atoms with E-state index in [0.29, 0.717) is 0 Å². The number of hydrogen-bond acceptors (Lipinski definition) is 5. The van der Waals surface area contributed by atoms with E-state index in [1.807, 2.05) is 4.72 Å². The highest BCUT2D eigenvalue weighted by Gasteiger charge is 2.28. The predicted octanol–water partition coefficient (Wildman–Crippen LogP) is -0.510. The van der Waals surface area contributed by atoms with Crippen LogP contribution < -0.4 is 9.44 Å². The Labute approximate surface area is 122 Å². The van der Waals surface area contributed by atoms with Gasteiger partial charge in [0.1, 0.15) is 6.54 Å². The topological polar surface area (TPSA) is 130 Å². The lowest BCUT2D eigenvalue weighted by molar-refractivity contribution is -0.135. The maximum atomic E-state index is 11.9. The minimum Gasteiger partial charge on any atom is -0.480 e. The summed E-state index contributed by atoms with van der Waals surface area (Å²) in [5, 5.41) is 8.45. The van der Waals surface area contributed by atoms with E-state index in [-0.39, 0.29) is 15.8 Å². The Morgan fingerprint density at radius 1 is 1.05 bits per heavy atom. The summed E-state index contributed by atoms with van der Waals surface area (Å²) < 4.78 is 51.7. The first kappa shape index (κ1) is 15.9. The molecule has 0 bridgehead atoms. The van der Waals surface area contributed by atoms with Crippen molar-refractivity contribution in [3.63, 3.8) is 0 Å². The summed E-state index contributed by atoms with van der Waals surface area (Å²) in [6.07, 6.45) is 1.59. The predicted molar refractivity (Wildman–Crippen MR) is 72.6 cm³/mol. The molecule has 10 heteroatoms. The van der Waals surface area contributed by atoms with E-state index < -0.39 is 32.6 Å². The fourth-order valence-electron chi connectivity index (χ4n) is 1.53. The smallest absolute Gasteiger partial charge is 0.318 e. The highest BCUT2D eigenvalue weighted by atomic mass is 32.2. The number of carbonyl (C=O) groups is 1. The first-order valence-corrected chi connectivity index (χ1v) is 9.01. The van der Waals surface area contributed by atoms with Gasteiger partial charge < -0.3 is 5.11 Å². The molecule has 1 saturated carbocycles. The first-order chi connectivity index (χ1) is 9.71. The molecule has 2 rings (SSSR count). The Morgan fingerprint density at radius 3 is 1.95 bits per heavy atom. The van der Waals surface area contributed by atoms with Gasteiger partial charge >= 0.3 is 5.97 Å². The Kier molecular flexibility index (Phi) is 4.33. The average Bonchev–Trinajstić information content (AvgIpc) is 3.20. The summed E-state index contributed by atoms with van der Waals surface area (Å²) in [4.78, 5) is 10.1. The molecule has 0 amide bonds. The normalized spacial score (nSPS) is 15.8. The molecule has 0 aliphatic heterocycles. The van der Waals surface area contributed by atoms with Gasteiger partial charge in [0.25, 0.3) is 0 Å². The Hall–Kier alpha value is -1.49. The summed E-state index contributed by atoms with van der Waals surface area (Å²) in [7, 11) is -7.62. The molecule has 0 radical (unpaired) electrons. The number of rotatable bonds is 7. The van der Waals surface area contributed by atoms with Crippen LogP contribution in [0.3, 0.4) is 0 Å². The molecule has 1 aromatic carbocycles. The van der Waals surface area contributed by atoms with Gasteiger partial charge in [-0.15, -0.1) is 0 Å². The molecule has 0 unspecified atom stereocenters. The second-order valence-electron chi connectivity index (χ2n) is 4.59. The molecule has 0 atom stereocenters. The van der Waals surface area contributed by atoms with Crippen LogP contribution in [0, 0.1) is 0 Å². The maximum Gasteiger partial charge on any atom is 0.318 e. The molecule has 8 nitrogen and oxygen atoms in total. The van der Waals surface area contributed by atoms with Gasteiger partial charge in [0.05, 0.1) is 9.79 Å². The van der Waals surface area contributed by atoms with Crippen LogP contribution in [0.2, 0.25) is 0 Å². The fraction of sp³-hybridized carbons (Fsp3) is 0.364. The zero-order valence-electron chi connectivity index (χ0n) is 10.8. The van der Waals surface area contributed by atoms with Crippen molar-refractivity contribution >= 4 is 26.0 Å². The van der Waals surface area contributed by atoms with Gasteiger partial charge in [0, 0.05) is 6.04 Å². The molecule has 1 aromatic rings. The third-order valence-corrected chi connectivity index (χ3v) is 5.71. The zero-order valence-corrected chi connectivity index (χ0v) is 12.4. The summed E-state index contributed by atoms with van der Waals surface area (Å²) >= 11 is 0. The van der Waals surface area contributed by atoms with Crippen molar-refractivity contribution in [3.8, 4) is 0 Å². The molecule has 3 N–H and O–H groups in total. The molecule has 1 aliphatic carbocycles. The van der Waals surface area contributed by atoms with E-state index in [0.717, 1.165) is 25.0 Å². The summed E-state index contributed by atoms with van der Waals surface area (Å²) in [6, 6.07) is 4.52. The molecule has 21 heavy (non-hydrogen) atoms. The van der Waals surface area contributed by atoms with Crippen molar-refractivity contribution in [2.24, 2.45) is 0 Å². The number of nitrogens with one attached hydrogen (secondary N) is 2. The molecule has 1 fully saturated rings. The van der Waals surface area contributed by atoms with E-state index in [4.69, 9.17) is 5.11 Å². The summed E-state index contributed by atoms with van der Waals surface area (Å²) in [5.41, 5.74) is 0. The number of carboxylic acids is 1. The number of carboxylic acid groups (broad SMARTS) is 1. The molecule has 116 valence electrons. The second kappa shape index (κ2) is 5.72. The van der Waals surface area contributed by atoms with Gasteiger partial charge in [-0.1, -0.05) is 0 Å². The van der Waals surface area contributed by atoms with Crippen LogP contribution in [0.1, 0.15) is 12.8 Å². The van der Waals surface area contributed by atoms with Gasteiger partial charge in [0.2, 0.25) is 20.0 Å². The van der Waals surface area contributed by atoms with Crippen LogP contribution in [-0.2, 0) is 24.8 Å². The highest BCUT2D eigenvalue weighted by molar-refractivity contribution is 7.90. The van der Waals surface area contributed by atoms with Crippen molar-refractivity contribution in [2.75, 3.05) is 6.54 Å². The van der Waals surface area contributed by atoms with Crippen LogP contribution in [0.25, 0.3) is 0 Å². The molecule has 0 heterocycles. The van der Waals surface area contributed by atoms with Crippen molar-refractivity contribution < 1.29 is 26.7 Å². The first-order valence-electron chi connectivity index (χ1n) is 6.04. The largest absolute Gasteiger partial charge is 0.480 e. The van der Waals surface area contributed by atoms with Crippen LogP contribution in [0.15, 0.2) is 34.1 Å². The van der Waals surface area contributed by atoms with Crippen LogP contribution >= 0.6 is 0 Å². The zero-order chi connectivity index (χ0) is 15.7. The summed E-state index contributed by atoms with van der Waals surface area (Å²) in [5.74, 6) is -1.31.